The molecule has 2 aromatic heterocycles. The highest BCUT2D eigenvalue weighted by Crippen LogP contribution is 2.38. The van der Waals surface area contributed by atoms with Crippen molar-refractivity contribution in [2.24, 2.45) is 0 Å². The third-order valence-electron chi connectivity index (χ3n) is 6.11. The summed E-state index contributed by atoms with van der Waals surface area (Å²) >= 11 is 0. The van der Waals surface area contributed by atoms with Crippen molar-refractivity contribution in [1.29, 1.82) is 0 Å². The Labute approximate surface area is 184 Å². The van der Waals surface area contributed by atoms with Gasteiger partial charge in [-0.1, -0.05) is 0 Å². The molecule has 1 aliphatic carbocycles. The Morgan fingerprint density at radius 2 is 1.84 bits per heavy atom. The van der Waals surface area contributed by atoms with Gasteiger partial charge in [0.05, 0.1) is 36.6 Å². The lowest BCUT2D eigenvalue weighted by molar-refractivity contribution is -0.136. The first-order valence-corrected chi connectivity index (χ1v) is 11.2. The van der Waals surface area contributed by atoms with Crippen LogP contribution in [-0.4, -0.2) is 57.7 Å². The smallest absolute Gasteiger partial charge is 0.391 e. The van der Waals surface area contributed by atoms with Crippen LogP contribution < -0.4 is 10.1 Å². The fraction of sp³-hybridized carbons (Fsp3) is 0.682. The molecule has 10 heteroatoms. The van der Waals surface area contributed by atoms with Crippen molar-refractivity contribution in [3.63, 3.8) is 0 Å². The SMILES string of the molecule is C[C@H](CC(F)(F)F)Nc1ncc2c(OC3CCOCC3)ncc(C3CCC(O)CC3)c2n1. The Hall–Kier alpha value is -2.20. The third-order valence-corrected chi connectivity index (χ3v) is 6.11. The Morgan fingerprint density at radius 1 is 1.12 bits per heavy atom. The van der Waals surface area contributed by atoms with Gasteiger partial charge in [-0.25, -0.2) is 15.0 Å². The van der Waals surface area contributed by atoms with E-state index >= 15 is 0 Å². The van der Waals surface area contributed by atoms with Crippen LogP contribution in [0.3, 0.4) is 0 Å². The second-order valence-electron chi connectivity index (χ2n) is 8.77. The van der Waals surface area contributed by atoms with E-state index in [1.807, 2.05) is 0 Å². The molecule has 0 spiro atoms. The van der Waals surface area contributed by atoms with Gasteiger partial charge in [-0.2, -0.15) is 13.2 Å². The van der Waals surface area contributed by atoms with E-state index in [0.717, 1.165) is 31.2 Å². The molecule has 0 bridgehead atoms. The maximum atomic E-state index is 12.7. The lowest BCUT2D eigenvalue weighted by atomic mass is 9.83. The van der Waals surface area contributed by atoms with Gasteiger partial charge in [0.1, 0.15) is 6.10 Å². The number of nitrogens with one attached hydrogen (secondary N) is 1. The van der Waals surface area contributed by atoms with Crippen molar-refractivity contribution < 1.29 is 27.8 Å². The Kier molecular flexibility index (Phi) is 6.99. The molecule has 4 rings (SSSR count). The topological polar surface area (TPSA) is 89.4 Å². The Morgan fingerprint density at radius 3 is 2.53 bits per heavy atom. The molecule has 0 unspecified atom stereocenters. The van der Waals surface area contributed by atoms with Crippen LogP contribution in [0.4, 0.5) is 19.1 Å². The molecule has 32 heavy (non-hydrogen) atoms. The average Bonchev–Trinajstić information content (AvgIpc) is 2.74. The zero-order valence-corrected chi connectivity index (χ0v) is 18.1. The molecular formula is C22H29F3N4O3. The largest absolute Gasteiger partial charge is 0.474 e. The predicted octanol–water partition coefficient (Wildman–Crippen LogP) is 4.35. The first-order chi connectivity index (χ1) is 15.3. The molecule has 1 saturated heterocycles. The van der Waals surface area contributed by atoms with Gasteiger partial charge in [0, 0.05) is 36.8 Å². The summed E-state index contributed by atoms with van der Waals surface area (Å²) in [7, 11) is 0. The van der Waals surface area contributed by atoms with Crippen molar-refractivity contribution in [2.45, 2.75) is 82.2 Å². The summed E-state index contributed by atoms with van der Waals surface area (Å²) in [4.78, 5) is 13.4. The van der Waals surface area contributed by atoms with Gasteiger partial charge >= 0.3 is 6.18 Å². The summed E-state index contributed by atoms with van der Waals surface area (Å²) in [6.07, 6.45) is 2.31. The van der Waals surface area contributed by atoms with Crippen LogP contribution in [0.15, 0.2) is 12.4 Å². The highest BCUT2D eigenvalue weighted by molar-refractivity contribution is 5.86. The molecule has 0 amide bonds. The highest BCUT2D eigenvalue weighted by atomic mass is 19.4. The second-order valence-corrected chi connectivity index (χ2v) is 8.77. The van der Waals surface area contributed by atoms with Gasteiger partial charge in [-0.3, -0.25) is 0 Å². The Bertz CT molecular complexity index is 913. The van der Waals surface area contributed by atoms with Gasteiger partial charge < -0.3 is 19.9 Å². The average molecular weight is 454 g/mol. The zero-order valence-electron chi connectivity index (χ0n) is 18.1. The van der Waals surface area contributed by atoms with Crippen LogP contribution in [0.2, 0.25) is 0 Å². The third kappa shape index (κ3) is 5.78. The minimum atomic E-state index is -4.27. The van der Waals surface area contributed by atoms with E-state index in [-0.39, 0.29) is 24.1 Å². The first-order valence-electron chi connectivity index (χ1n) is 11.2. The molecule has 2 aromatic rings. The number of ether oxygens (including phenoxy) is 2. The van der Waals surface area contributed by atoms with Crippen LogP contribution in [0, 0.1) is 0 Å². The van der Waals surface area contributed by atoms with E-state index in [1.165, 1.54) is 6.92 Å². The van der Waals surface area contributed by atoms with Crippen LogP contribution in [-0.2, 0) is 4.74 Å². The standard InChI is InChI=1S/C22H29F3N4O3/c1-13(10-22(23,24)25)28-21-27-12-18-19(29-21)17(14-2-4-15(30)5-3-14)11-26-20(18)32-16-6-8-31-9-7-16/h11-16,30H,2-10H2,1H3,(H,27,28,29)/t13-,14?,15?/m1/s1. The van der Waals surface area contributed by atoms with Gasteiger partial charge in [0.15, 0.2) is 0 Å². The molecule has 0 radical (unpaired) electrons. The number of halogens is 3. The molecule has 176 valence electrons. The molecule has 2 N–H and O–H groups in total. The maximum absolute atomic E-state index is 12.7. The number of aliphatic hydroxyl groups excluding tert-OH is 1. The number of alkyl halides is 3. The summed E-state index contributed by atoms with van der Waals surface area (Å²) in [5.74, 6) is 0.747. The van der Waals surface area contributed by atoms with Gasteiger partial charge in [-0.05, 0) is 38.5 Å². The van der Waals surface area contributed by atoms with E-state index in [9.17, 15) is 18.3 Å². The molecular weight excluding hydrogens is 425 g/mol. The van der Waals surface area contributed by atoms with E-state index in [4.69, 9.17) is 9.47 Å². The normalized spacial score (nSPS) is 23.8. The highest BCUT2D eigenvalue weighted by Gasteiger charge is 2.30. The van der Waals surface area contributed by atoms with E-state index in [1.54, 1.807) is 12.4 Å². The predicted molar refractivity (Wildman–Crippen MR) is 113 cm³/mol. The zero-order chi connectivity index (χ0) is 22.7. The lowest BCUT2D eigenvalue weighted by Crippen LogP contribution is -2.26. The van der Waals surface area contributed by atoms with E-state index in [0.29, 0.717) is 42.8 Å². The van der Waals surface area contributed by atoms with Crippen molar-refractivity contribution in [3.8, 4) is 5.88 Å². The Balaban J connectivity index is 1.65. The fourth-order valence-corrected chi connectivity index (χ4v) is 4.44. The van der Waals surface area contributed by atoms with Gasteiger partial charge in [0.25, 0.3) is 0 Å². The number of hydrogen-bond acceptors (Lipinski definition) is 7. The molecule has 1 atom stereocenters. The minimum Gasteiger partial charge on any atom is -0.474 e. The number of pyridine rings is 1. The summed E-state index contributed by atoms with van der Waals surface area (Å²) in [6, 6.07) is -0.861. The van der Waals surface area contributed by atoms with Crippen molar-refractivity contribution >= 4 is 16.9 Å². The molecule has 1 aliphatic heterocycles. The summed E-state index contributed by atoms with van der Waals surface area (Å²) in [6.45, 7) is 2.72. The van der Waals surface area contributed by atoms with Crippen LogP contribution >= 0.6 is 0 Å². The van der Waals surface area contributed by atoms with Crippen LogP contribution in [0.5, 0.6) is 5.88 Å². The van der Waals surface area contributed by atoms with Gasteiger partial charge in [-0.15, -0.1) is 0 Å². The van der Waals surface area contributed by atoms with Crippen molar-refractivity contribution in [3.05, 3.63) is 18.0 Å². The lowest BCUT2D eigenvalue weighted by Gasteiger charge is -2.27. The number of aliphatic hydroxyl groups is 1. The number of anilines is 1. The number of aromatic nitrogens is 3. The van der Waals surface area contributed by atoms with Crippen LogP contribution in [0.25, 0.3) is 10.9 Å². The van der Waals surface area contributed by atoms with Gasteiger partial charge in [0.2, 0.25) is 11.8 Å². The quantitative estimate of drug-likeness (QED) is 0.671. The number of nitrogens with zero attached hydrogens (tertiary/aromatic N) is 3. The molecule has 0 aromatic carbocycles. The number of hydrogen-bond donors (Lipinski definition) is 2. The fourth-order valence-electron chi connectivity index (χ4n) is 4.44. The molecule has 7 nitrogen and oxygen atoms in total. The summed E-state index contributed by atoms with van der Waals surface area (Å²) in [5.41, 5.74) is 1.56. The van der Waals surface area contributed by atoms with E-state index in [2.05, 4.69) is 20.3 Å². The molecule has 2 fully saturated rings. The first kappa shape index (κ1) is 23.0. The van der Waals surface area contributed by atoms with E-state index < -0.39 is 18.6 Å². The molecule has 2 aliphatic rings. The monoisotopic (exact) mass is 454 g/mol. The van der Waals surface area contributed by atoms with Crippen LogP contribution in [0.1, 0.15) is 63.4 Å². The number of rotatable bonds is 6. The summed E-state index contributed by atoms with van der Waals surface area (Å²) in [5, 5.41) is 13.3. The minimum absolute atomic E-state index is 0.0141. The number of fused-ring (bicyclic) bond motifs is 1. The van der Waals surface area contributed by atoms with Crippen molar-refractivity contribution in [2.75, 3.05) is 18.5 Å². The molecule has 3 heterocycles. The second kappa shape index (κ2) is 9.74. The molecule has 1 saturated carbocycles. The summed E-state index contributed by atoms with van der Waals surface area (Å²) < 4.78 is 49.7. The maximum Gasteiger partial charge on any atom is 0.391 e. The van der Waals surface area contributed by atoms with Crippen molar-refractivity contribution in [1.82, 2.24) is 15.0 Å².